The maximum Gasteiger partial charge on any atom is 0.253 e. The zero-order chi connectivity index (χ0) is 5.86. The molecule has 0 rings (SSSR count). The molecule has 0 aliphatic heterocycles. The molecule has 0 N–H and O–H groups in total. The summed E-state index contributed by atoms with van der Waals surface area (Å²) in [5.41, 5.74) is -0.528. The highest BCUT2D eigenvalue weighted by atomic mass is 19.3. The SMILES string of the molecule is BC(=CF)C(F)F. The van der Waals surface area contributed by atoms with E-state index in [-0.39, 0.29) is 6.33 Å². The molecule has 0 saturated carbocycles. The van der Waals surface area contributed by atoms with E-state index in [2.05, 4.69) is 0 Å². The fourth-order valence-electron chi connectivity index (χ4n) is 0.0476. The van der Waals surface area contributed by atoms with Gasteiger partial charge in [0.25, 0.3) is 6.43 Å². The Balaban J connectivity index is 3.56. The number of halogens is 3. The minimum absolute atomic E-state index is 0.0926. The molecule has 0 aromatic heterocycles. The lowest BCUT2D eigenvalue weighted by atomic mass is 9.99. The highest BCUT2D eigenvalue weighted by Gasteiger charge is 2.02. The largest absolute Gasteiger partial charge is 0.253 e. The second kappa shape index (κ2) is 2.72. The molecule has 0 amide bonds. The molecule has 0 aliphatic carbocycles. The maximum atomic E-state index is 11.1. The summed E-state index contributed by atoms with van der Waals surface area (Å²) in [6.07, 6.45) is -2.74. The van der Waals surface area contributed by atoms with E-state index in [1.165, 1.54) is 0 Å². The van der Waals surface area contributed by atoms with Crippen LogP contribution in [0.1, 0.15) is 0 Å². The van der Waals surface area contributed by atoms with Gasteiger partial charge in [-0.05, 0) is 5.47 Å². The number of hydrogen-bond acceptors (Lipinski definition) is 0. The number of alkyl halides is 2. The van der Waals surface area contributed by atoms with Gasteiger partial charge in [-0.3, -0.25) is 0 Å². The van der Waals surface area contributed by atoms with Crippen LogP contribution in [-0.2, 0) is 0 Å². The first-order chi connectivity index (χ1) is 3.18. The average Bonchev–Trinajstić information content (AvgIpc) is 1.65. The van der Waals surface area contributed by atoms with Crippen molar-refractivity contribution in [3.63, 3.8) is 0 Å². The molecular formula is C3H4BF3. The summed E-state index contributed by atoms with van der Waals surface area (Å²) in [6, 6.07) is 0. The van der Waals surface area contributed by atoms with Crippen LogP contribution in [0.4, 0.5) is 13.2 Å². The van der Waals surface area contributed by atoms with Crippen molar-refractivity contribution in [2.24, 2.45) is 0 Å². The van der Waals surface area contributed by atoms with E-state index in [1.54, 1.807) is 0 Å². The van der Waals surface area contributed by atoms with Gasteiger partial charge in [0.2, 0.25) is 0 Å². The third-order valence-electron chi connectivity index (χ3n) is 0.516. The van der Waals surface area contributed by atoms with Gasteiger partial charge < -0.3 is 0 Å². The first-order valence-electron chi connectivity index (χ1n) is 1.73. The lowest BCUT2D eigenvalue weighted by molar-refractivity contribution is 0.197. The van der Waals surface area contributed by atoms with Crippen LogP contribution in [0.5, 0.6) is 0 Å². The second-order valence-corrected chi connectivity index (χ2v) is 1.15. The van der Waals surface area contributed by atoms with Gasteiger partial charge in [-0.25, -0.2) is 13.2 Å². The Morgan fingerprint density at radius 2 is 2.00 bits per heavy atom. The van der Waals surface area contributed by atoms with E-state index in [4.69, 9.17) is 0 Å². The van der Waals surface area contributed by atoms with E-state index in [1.807, 2.05) is 0 Å². The molecule has 0 fully saturated rings. The van der Waals surface area contributed by atoms with Crippen LogP contribution in [0, 0.1) is 0 Å². The minimum atomic E-state index is -2.65. The highest BCUT2D eigenvalue weighted by Crippen LogP contribution is 2.02. The van der Waals surface area contributed by atoms with Gasteiger partial charge >= 0.3 is 0 Å². The van der Waals surface area contributed by atoms with E-state index in [0.29, 0.717) is 0 Å². The summed E-state index contributed by atoms with van der Waals surface area (Å²) in [7, 11) is 1.03. The van der Waals surface area contributed by atoms with Gasteiger partial charge in [-0.2, -0.15) is 0 Å². The van der Waals surface area contributed by atoms with E-state index in [0.717, 1.165) is 7.85 Å². The summed E-state index contributed by atoms with van der Waals surface area (Å²) >= 11 is 0. The molecule has 0 spiro atoms. The topological polar surface area (TPSA) is 0 Å². The monoisotopic (exact) mass is 108 g/mol. The Hall–Kier alpha value is -0.405. The molecule has 0 aromatic carbocycles. The van der Waals surface area contributed by atoms with Crippen LogP contribution >= 0.6 is 0 Å². The zero-order valence-electron chi connectivity index (χ0n) is 3.79. The van der Waals surface area contributed by atoms with Crippen LogP contribution in [0.15, 0.2) is 11.8 Å². The maximum absolute atomic E-state index is 11.1. The molecular weight excluding hydrogens is 104 g/mol. The minimum Gasteiger partial charge on any atom is -0.216 e. The molecule has 0 aromatic rings. The van der Waals surface area contributed by atoms with Crippen molar-refractivity contribution in [3.8, 4) is 0 Å². The van der Waals surface area contributed by atoms with Crippen molar-refractivity contribution in [1.29, 1.82) is 0 Å². The van der Waals surface area contributed by atoms with Gasteiger partial charge in [-0.15, -0.1) is 0 Å². The van der Waals surface area contributed by atoms with Crippen LogP contribution in [-0.4, -0.2) is 14.3 Å². The Bertz CT molecular complexity index is 78.2. The lowest BCUT2D eigenvalue weighted by Crippen LogP contribution is -1.93. The Kier molecular flexibility index (Phi) is 2.56. The van der Waals surface area contributed by atoms with Crippen molar-refractivity contribution in [3.05, 3.63) is 11.8 Å². The van der Waals surface area contributed by atoms with Gasteiger partial charge in [0.15, 0.2) is 0 Å². The van der Waals surface area contributed by atoms with Crippen molar-refractivity contribution in [2.45, 2.75) is 6.43 Å². The van der Waals surface area contributed by atoms with Crippen molar-refractivity contribution >= 4 is 7.85 Å². The standard InChI is InChI=1S/C3H4BF3/c4-2(1-5)3(6)7/h1,3H,4H2. The summed E-state index contributed by atoms with van der Waals surface area (Å²) in [6.45, 7) is 0. The molecule has 0 nitrogen and oxygen atoms in total. The van der Waals surface area contributed by atoms with Crippen LogP contribution in [0.25, 0.3) is 0 Å². The predicted octanol–water partition coefficient (Wildman–Crippen LogP) is 0.696. The molecule has 7 heavy (non-hydrogen) atoms. The van der Waals surface area contributed by atoms with Crippen LogP contribution < -0.4 is 0 Å². The molecule has 0 aliphatic rings. The molecule has 0 bridgehead atoms. The summed E-state index contributed by atoms with van der Waals surface area (Å²) < 4.78 is 33.2. The molecule has 0 radical (unpaired) electrons. The molecule has 0 heterocycles. The van der Waals surface area contributed by atoms with Crippen LogP contribution in [0.3, 0.4) is 0 Å². The van der Waals surface area contributed by atoms with Gasteiger partial charge in [-0.1, -0.05) is 0 Å². The van der Waals surface area contributed by atoms with Gasteiger partial charge in [0.05, 0.1) is 6.33 Å². The fourth-order valence-corrected chi connectivity index (χ4v) is 0.0476. The lowest BCUT2D eigenvalue weighted by Gasteiger charge is -1.90. The van der Waals surface area contributed by atoms with E-state index in [9.17, 15) is 13.2 Å². The molecule has 4 heteroatoms. The Morgan fingerprint density at radius 1 is 1.57 bits per heavy atom. The molecule has 40 valence electrons. The number of rotatable bonds is 1. The average molecular weight is 108 g/mol. The third kappa shape index (κ3) is 2.31. The quantitative estimate of drug-likeness (QED) is 0.433. The summed E-state index contributed by atoms with van der Waals surface area (Å²) in [4.78, 5) is 0. The highest BCUT2D eigenvalue weighted by molar-refractivity contribution is 6.21. The molecule has 0 atom stereocenters. The Labute approximate surface area is 40.4 Å². The zero-order valence-corrected chi connectivity index (χ0v) is 3.79. The number of allylic oxidation sites excluding steroid dienone is 1. The molecule has 0 unspecified atom stereocenters. The first-order valence-corrected chi connectivity index (χ1v) is 1.73. The predicted molar refractivity (Wildman–Crippen MR) is 23.7 cm³/mol. The van der Waals surface area contributed by atoms with Crippen molar-refractivity contribution in [1.82, 2.24) is 0 Å². The van der Waals surface area contributed by atoms with Gasteiger partial charge in [0.1, 0.15) is 7.85 Å². The second-order valence-electron chi connectivity index (χ2n) is 1.15. The van der Waals surface area contributed by atoms with Gasteiger partial charge in [0, 0.05) is 0 Å². The summed E-state index contributed by atoms with van der Waals surface area (Å²) in [5, 5.41) is 0. The van der Waals surface area contributed by atoms with E-state index >= 15 is 0 Å². The Morgan fingerprint density at radius 3 is 2.00 bits per heavy atom. The smallest absolute Gasteiger partial charge is 0.216 e. The van der Waals surface area contributed by atoms with Crippen molar-refractivity contribution < 1.29 is 13.2 Å². The van der Waals surface area contributed by atoms with Crippen LogP contribution in [0.2, 0.25) is 0 Å². The number of hydrogen-bond donors (Lipinski definition) is 0. The first kappa shape index (κ1) is 6.59. The molecule has 0 saturated heterocycles. The fraction of sp³-hybridized carbons (Fsp3) is 0.333. The normalized spacial score (nSPS) is 12.9. The van der Waals surface area contributed by atoms with E-state index < -0.39 is 11.9 Å². The summed E-state index contributed by atoms with van der Waals surface area (Å²) in [5.74, 6) is 0. The third-order valence-corrected chi connectivity index (χ3v) is 0.516. The van der Waals surface area contributed by atoms with Crippen molar-refractivity contribution in [2.75, 3.05) is 0 Å².